The van der Waals surface area contributed by atoms with E-state index in [0.29, 0.717) is 23.6 Å². The quantitative estimate of drug-likeness (QED) is 0.803. The average Bonchev–Trinajstić information content (AvgIpc) is 2.95. The Kier molecular flexibility index (Phi) is 5.92. The van der Waals surface area contributed by atoms with Crippen LogP contribution in [0.2, 0.25) is 0 Å². The molecule has 2 aromatic rings. The molecule has 24 heavy (non-hydrogen) atoms. The number of methoxy groups -OCH3 is 1. The molecule has 0 unspecified atom stereocenters. The Hall–Kier alpha value is -2.41. The number of hydrogen-bond donors (Lipinski definition) is 2. The maximum Gasteiger partial charge on any atom is 0.335 e. The van der Waals surface area contributed by atoms with Crippen LogP contribution in [0.5, 0.6) is 5.75 Å². The van der Waals surface area contributed by atoms with Gasteiger partial charge < -0.3 is 15.2 Å². The SMILES string of the molecule is CCc1nc(C)c(C(=O)NCCc2ccc(C(=O)O)cc2OC)s1. The number of rotatable bonds is 7. The standard InChI is InChI=1S/C17H20N2O4S/c1-4-14-19-10(2)15(24-14)16(20)18-8-7-11-5-6-12(17(21)22)9-13(11)23-3/h5-6,9H,4,7-8H2,1-3H3,(H,18,20)(H,21,22). The highest BCUT2D eigenvalue weighted by atomic mass is 32.1. The van der Waals surface area contributed by atoms with Crippen molar-refractivity contribution in [1.29, 1.82) is 0 Å². The van der Waals surface area contributed by atoms with Crippen LogP contribution in [-0.4, -0.2) is 35.6 Å². The van der Waals surface area contributed by atoms with Crippen molar-refractivity contribution in [1.82, 2.24) is 10.3 Å². The molecule has 2 rings (SSSR count). The first-order valence-corrected chi connectivity index (χ1v) is 8.42. The van der Waals surface area contributed by atoms with Crippen LogP contribution < -0.4 is 10.1 Å². The monoisotopic (exact) mass is 348 g/mol. The van der Waals surface area contributed by atoms with Gasteiger partial charge in [0.05, 0.1) is 23.4 Å². The second-order valence-corrected chi connectivity index (χ2v) is 6.30. The minimum Gasteiger partial charge on any atom is -0.496 e. The Morgan fingerprint density at radius 3 is 2.71 bits per heavy atom. The van der Waals surface area contributed by atoms with Crippen molar-refractivity contribution in [2.24, 2.45) is 0 Å². The summed E-state index contributed by atoms with van der Waals surface area (Å²) in [6.45, 7) is 4.27. The summed E-state index contributed by atoms with van der Waals surface area (Å²) in [6.07, 6.45) is 1.36. The molecular weight excluding hydrogens is 328 g/mol. The van der Waals surface area contributed by atoms with E-state index >= 15 is 0 Å². The number of nitrogens with one attached hydrogen (secondary N) is 1. The van der Waals surface area contributed by atoms with Crippen LogP contribution in [0.15, 0.2) is 18.2 Å². The van der Waals surface area contributed by atoms with E-state index < -0.39 is 5.97 Å². The summed E-state index contributed by atoms with van der Waals surface area (Å²) in [5.41, 5.74) is 1.77. The first-order chi connectivity index (χ1) is 11.5. The molecule has 1 heterocycles. The van der Waals surface area contributed by atoms with Gasteiger partial charge in [-0.3, -0.25) is 4.79 Å². The van der Waals surface area contributed by atoms with E-state index in [9.17, 15) is 9.59 Å². The van der Waals surface area contributed by atoms with Crippen LogP contribution in [0.4, 0.5) is 0 Å². The molecule has 7 heteroatoms. The zero-order valence-electron chi connectivity index (χ0n) is 13.9. The number of aromatic carboxylic acids is 1. The van der Waals surface area contributed by atoms with E-state index in [0.717, 1.165) is 22.7 Å². The first-order valence-electron chi connectivity index (χ1n) is 7.61. The molecule has 1 aromatic heterocycles. The fourth-order valence-corrected chi connectivity index (χ4v) is 3.21. The normalized spacial score (nSPS) is 10.5. The molecule has 0 aliphatic rings. The predicted molar refractivity (Wildman–Crippen MR) is 92.2 cm³/mol. The smallest absolute Gasteiger partial charge is 0.335 e. The number of amides is 1. The molecule has 128 valence electrons. The van der Waals surface area contributed by atoms with Gasteiger partial charge in [0.2, 0.25) is 0 Å². The molecule has 0 radical (unpaired) electrons. The largest absolute Gasteiger partial charge is 0.496 e. The fraction of sp³-hybridized carbons (Fsp3) is 0.353. The van der Waals surface area contributed by atoms with Crippen molar-refractivity contribution in [3.05, 3.63) is 44.9 Å². The highest BCUT2D eigenvalue weighted by molar-refractivity contribution is 7.13. The second-order valence-electron chi connectivity index (χ2n) is 5.21. The van der Waals surface area contributed by atoms with Crippen molar-refractivity contribution in [3.8, 4) is 5.75 Å². The molecule has 0 aliphatic carbocycles. The molecule has 0 fully saturated rings. The van der Waals surface area contributed by atoms with Gasteiger partial charge in [-0.05, 0) is 37.5 Å². The Labute approximate surface area is 144 Å². The lowest BCUT2D eigenvalue weighted by molar-refractivity contribution is 0.0696. The van der Waals surface area contributed by atoms with Gasteiger partial charge in [-0.15, -0.1) is 11.3 Å². The molecule has 0 bridgehead atoms. The van der Waals surface area contributed by atoms with E-state index in [4.69, 9.17) is 9.84 Å². The summed E-state index contributed by atoms with van der Waals surface area (Å²) in [7, 11) is 1.50. The van der Waals surface area contributed by atoms with Crippen LogP contribution in [0, 0.1) is 6.92 Å². The van der Waals surface area contributed by atoms with Crippen molar-refractivity contribution in [2.45, 2.75) is 26.7 Å². The van der Waals surface area contributed by atoms with Gasteiger partial charge in [-0.25, -0.2) is 9.78 Å². The lowest BCUT2D eigenvalue weighted by atomic mass is 10.1. The fourth-order valence-electron chi connectivity index (χ4n) is 2.29. The van der Waals surface area contributed by atoms with Crippen LogP contribution >= 0.6 is 11.3 Å². The van der Waals surface area contributed by atoms with E-state index in [1.807, 2.05) is 13.8 Å². The number of benzene rings is 1. The number of hydrogen-bond acceptors (Lipinski definition) is 5. The van der Waals surface area contributed by atoms with Crippen LogP contribution in [0.3, 0.4) is 0 Å². The zero-order valence-corrected chi connectivity index (χ0v) is 14.7. The molecule has 0 aliphatic heterocycles. The number of ether oxygens (including phenoxy) is 1. The molecule has 6 nitrogen and oxygen atoms in total. The number of thiazole rings is 1. The van der Waals surface area contributed by atoms with Crippen molar-refractivity contribution in [2.75, 3.05) is 13.7 Å². The third kappa shape index (κ3) is 4.11. The Morgan fingerprint density at radius 1 is 1.38 bits per heavy atom. The van der Waals surface area contributed by atoms with Crippen molar-refractivity contribution in [3.63, 3.8) is 0 Å². The number of carboxylic acid groups (broad SMARTS) is 1. The van der Waals surface area contributed by atoms with Gasteiger partial charge in [0.25, 0.3) is 5.91 Å². The topological polar surface area (TPSA) is 88.5 Å². The van der Waals surface area contributed by atoms with Crippen LogP contribution in [0.1, 0.15) is 43.2 Å². The lowest BCUT2D eigenvalue weighted by Crippen LogP contribution is -2.25. The number of aryl methyl sites for hydroxylation is 2. The van der Waals surface area contributed by atoms with Gasteiger partial charge >= 0.3 is 5.97 Å². The third-order valence-corrected chi connectivity index (χ3v) is 4.86. The van der Waals surface area contributed by atoms with Gasteiger partial charge in [-0.1, -0.05) is 13.0 Å². The lowest BCUT2D eigenvalue weighted by Gasteiger charge is -2.10. The molecule has 0 saturated heterocycles. The summed E-state index contributed by atoms with van der Waals surface area (Å²) in [4.78, 5) is 28.2. The van der Waals surface area contributed by atoms with Gasteiger partial charge in [-0.2, -0.15) is 0 Å². The van der Waals surface area contributed by atoms with Crippen LogP contribution in [0.25, 0.3) is 0 Å². The van der Waals surface area contributed by atoms with Crippen molar-refractivity contribution < 1.29 is 19.4 Å². The zero-order chi connectivity index (χ0) is 17.7. The molecular formula is C17H20N2O4S. The van der Waals surface area contributed by atoms with E-state index in [1.54, 1.807) is 6.07 Å². The maximum absolute atomic E-state index is 12.2. The van der Waals surface area contributed by atoms with Gasteiger partial charge in [0, 0.05) is 6.54 Å². The molecule has 0 saturated carbocycles. The van der Waals surface area contributed by atoms with E-state index in [2.05, 4.69) is 10.3 Å². The van der Waals surface area contributed by atoms with E-state index in [1.165, 1.54) is 30.6 Å². The Bertz CT molecular complexity index is 755. The third-order valence-electron chi connectivity index (χ3n) is 3.56. The maximum atomic E-state index is 12.2. The van der Waals surface area contributed by atoms with E-state index in [-0.39, 0.29) is 11.5 Å². The van der Waals surface area contributed by atoms with Crippen LogP contribution in [-0.2, 0) is 12.8 Å². The highest BCUT2D eigenvalue weighted by Crippen LogP contribution is 2.21. The summed E-state index contributed by atoms with van der Waals surface area (Å²) >= 11 is 1.41. The summed E-state index contributed by atoms with van der Waals surface area (Å²) in [5, 5.41) is 12.8. The molecule has 1 amide bonds. The molecule has 0 spiro atoms. The number of aromatic nitrogens is 1. The first kappa shape index (κ1) is 17.9. The summed E-state index contributed by atoms with van der Waals surface area (Å²) in [5.74, 6) is -0.627. The second kappa shape index (κ2) is 7.92. The van der Waals surface area contributed by atoms with Gasteiger partial charge in [0.15, 0.2) is 0 Å². The summed E-state index contributed by atoms with van der Waals surface area (Å²) < 4.78 is 5.23. The minimum absolute atomic E-state index is 0.133. The van der Waals surface area contributed by atoms with Crippen molar-refractivity contribution >= 4 is 23.2 Å². The molecule has 2 N–H and O–H groups in total. The predicted octanol–water partition coefficient (Wildman–Crippen LogP) is 2.69. The number of carboxylic acids is 1. The van der Waals surface area contributed by atoms with Gasteiger partial charge in [0.1, 0.15) is 10.6 Å². The average molecular weight is 348 g/mol. The number of carbonyl (C=O) groups excluding carboxylic acids is 1. The highest BCUT2D eigenvalue weighted by Gasteiger charge is 2.15. The Balaban J connectivity index is 1.99. The molecule has 0 atom stereocenters. The minimum atomic E-state index is -0.999. The Morgan fingerprint density at radius 2 is 2.12 bits per heavy atom. The molecule has 1 aromatic carbocycles. The summed E-state index contributed by atoms with van der Waals surface area (Å²) in [6, 6.07) is 4.73. The number of nitrogens with zero attached hydrogens (tertiary/aromatic N) is 1. The number of carbonyl (C=O) groups is 2.